The van der Waals surface area contributed by atoms with Gasteiger partial charge in [0.05, 0.1) is 18.7 Å². The first-order valence-corrected chi connectivity index (χ1v) is 13.9. The van der Waals surface area contributed by atoms with Crippen LogP contribution in [-0.4, -0.2) is 90.5 Å². The van der Waals surface area contributed by atoms with Crippen molar-refractivity contribution in [2.24, 2.45) is 5.41 Å². The Balaban J connectivity index is 1.59. The zero-order chi connectivity index (χ0) is 30.1. The molecule has 41 heavy (non-hydrogen) atoms. The Kier molecular flexibility index (Phi) is 8.86. The van der Waals surface area contributed by atoms with Crippen molar-refractivity contribution < 1.29 is 37.1 Å². The summed E-state index contributed by atoms with van der Waals surface area (Å²) in [6.07, 6.45) is -3.25. The van der Waals surface area contributed by atoms with Gasteiger partial charge in [-0.25, -0.2) is 0 Å². The average Bonchev–Trinajstić information content (AvgIpc) is 3.35. The number of alkyl halides is 3. The molecule has 3 aliphatic heterocycles. The maximum Gasteiger partial charge on any atom is 0.402 e. The van der Waals surface area contributed by atoms with E-state index in [1.54, 1.807) is 14.0 Å². The minimum absolute atomic E-state index is 0.0532. The zero-order valence-corrected chi connectivity index (χ0v) is 23.7. The van der Waals surface area contributed by atoms with Crippen LogP contribution in [0.2, 0.25) is 0 Å². The Labute approximate surface area is 237 Å². The van der Waals surface area contributed by atoms with Gasteiger partial charge in [-0.15, -0.1) is 0 Å². The summed E-state index contributed by atoms with van der Waals surface area (Å²) in [5, 5.41) is 8.43. The Morgan fingerprint density at radius 1 is 1.02 bits per heavy atom. The minimum atomic E-state index is -4.80. The number of carbonyl (C=O) groups is 4. The summed E-state index contributed by atoms with van der Waals surface area (Å²) in [6, 6.07) is 3.76. The van der Waals surface area contributed by atoms with E-state index in [-0.39, 0.29) is 24.9 Å². The maximum absolute atomic E-state index is 14.0. The predicted octanol–water partition coefficient (Wildman–Crippen LogP) is 1.90. The first-order chi connectivity index (χ1) is 19.3. The van der Waals surface area contributed by atoms with Gasteiger partial charge in [0, 0.05) is 31.1 Å². The largest absolute Gasteiger partial charge is 0.493 e. The van der Waals surface area contributed by atoms with Crippen molar-refractivity contribution in [1.82, 2.24) is 25.8 Å². The Morgan fingerprint density at radius 3 is 2.41 bits per heavy atom. The number of amides is 4. The molecule has 1 aromatic carbocycles. The van der Waals surface area contributed by atoms with Gasteiger partial charge < -0.3 is 30.5 Å². The number of likely N-dealkylation sites (N-methyl/N-ethyl adjacent to an activating group) is 1. The lowest BCUT2D eigenvalue weighted by Gasteiger charge is -2.41. The SMILES string of the molecule is CN[C@@H](C)C(=O)N[C@H]1CN(C(=O)C(C)(C)C(F)(F)F)CC[C@H]2CC[C@@H](C(=O)N[C@@H]3CCOc4ccccc43)N2C1=O. The van der Waals surface area contributed by atoms with Crippen molar-refractivity contribution in [3.8, 4) is 5.75 Å². The fraction of sp³-hybridized carbons (Fsp3) is 0.643. The lowest BCUT2D eigenvalue weighted by atomic mass is 9.90. The van der Waals surface area contributed by atoms with E-state index in [9.17, 15) is 32.3 Å². The third-order valence-corrected chi connectivity index (χ3v) is 8.44. The Morgan fingerprint density at radius 2 is 1.73 bits per heavy atom. The summed E-state index contributed by atoms with van der Waals surface area (Å²) in [5.41, 5.74) is -1.84. The number of halogens is 3. The molecule has 0 radical (unpaired) electrons. The fourth-order valence-electron chi connectivity index (χ4n) is 5.63. The smallest absolute Gasteiger partial charge is 0.402 e. The van der Waals surface area contributed by atoms with Crippen LogP contribution < -0.4 is 20.7 Å². The molecule has 0 aromatic heterocycles. The molecule has 0 bridgehead atoms. The number of hydrogen-bond donors (Lipinski definition) is 3. The molecule has 226 valence electrons. The van der Waals surface area contributed by atoms with Crippen LogP contribution >= 0.6 is 0 Å². The molecule has 5 atom stereocenters. The van der Waals surface area contributed by atoms with Crippen LogP contribution in [0.15, 0.2) is 24.3 Å². The highest BCUT2D eigenvalue weighted by molar-refractivity contribution is 5.94. The minimum Gasteiger partial charge on any atom is -0.493 e. The van der Waals surface area contributed by atoms with E-state index in [2.05, 4.69) is 16.0 Å². The summed E-state index contributed by atoms with van der Waals surface area (Å²) >= 11 is 0. The molecule has 3 N–H and O–H groups in total. The van der Waals surface area contributed by atoms with Crippen molar-refractivity contribution in [2.45, 2.75) is 82.8 Å². The Bertz CT molecular complexity index is 1180. The van der Waals surface area contributed by atoms with Gasteiger partial charge in [-0.05, 0) is 53.1 Å². The second-order valence-corrected chi connectivity index (χ2v) is 11.5. The molecule has 4 rings (SSSR count). The van der Waals surface area contributed by atoms with Gasteiger partial charge in [0.1, 0.15) is 23.2 Å². The molecule has 3 aliphatic rings. The third kappa shape index (κ3) is 6.14. The van der Waals surface area contributed by atoms with E-state index >= 15 is 0 Å². The highest BCUT2D eigenvalue weighted by Crippen LogP contribution is 2.40. The summed E-state index contributed by atoms with van der Waals surface area (Å²) in [5.74, 6) is -1.98. The van der Waals surface area contributed by atoms with E-state index in [1.807, 2.05) is 24.3 Å². The van der Waals surface area contributed by atoms with Crippen LogP contribution in [0.25, 0.3) is 0 Å². The molecule has 0 aliphatic carbocycles. The molecule has 2 fully saturated rings. The van der Waals surface area contributed by atoms with E-state index in [0.717, 1.165) is 24.3 Å². The number of para-hydroxylation sites is 1. The topological polar surface area (TPSA) is 120 Å². The van der Waals surface area contributed by atoms with E-state index in [0.29, 0.717) is 31.6 Å². The first-order valence-electron chi connectivity index (χ1n) is 13.9. The van der Waals surface area contributed by atoms with Crippen LogP contribution in [0.3, 0.4) is 0 Å². The first kappa shape index (κ1) is 30.6. The van der Waals surface area contributed by atoms with Crippen molar-refractivity contribution in [3.05, 3.63) is 29.8 Å². The van der Waals surface area contributed by atoms with Crippen molar-refractivity contribution >= 4 is 23.6 Å². The normalized spacial score (nSPS) is 25.7. The molecule has 13 heteroatoms. The van der Waals surface area contributed by atoms with E-state index in [1.165, 1.54) is 4.90 Å². The molecule has 2 saturated heterocycles. The number of nitrogens with one attached hydrogen (secondary N) is 3. The van der Waals surface area contributed by atoms with Crippen molar-refractivity contribution in [1.29, 1.82) is 0 Å². The lowest BCUT2D eigenvalue weighted by Crippen LogP contribution is -2.63. The monoisotopic (exact) mass is 581 g/mol. The van der Waals surface area contributed by atoms with Gasteiger partial charge in [-0.3, -0.25) is 19.2 Å². The predicted molar refractivity (Wildman–Crippen MR) is 143 cm³/mol. The number of fused-ring (bicyclic) bond motifs is 2. The summed E-state index contributed by atoms with van der Waals surface area (Å²) < 4.78 is 46.9. The van der Waals surface area contributed by atoms with Gasteiger partial charge >= 0.3 is 6.18 Å². The molecule has 10 nitrogen and oxygen atoms in total. The van der Waals surface area contributed by atoms with Gasteiger partial charge in [0.2, 0.25) is 23.6 Å². The number of benzene rings is 1. The standard InChI is InChI=1S/C28H38F3N5O5/c1-16(32-4)23(37)34-20-15-35(26(40)27(2,3)28(29,30)31)13-11-17-9-10-21(36(17)25(20)39)24(38)33-19-12-14-41-22-8-6-5-7-18(19)22/h5-8,16-17,19-21,32H,9-15H2,1-4H3,(H,33,38)(H,34,37)/t16-,17+,19+,20-,21-/m0/s1. The van der Waals surface area contributed by atoms with Crippen molar-refractivity contribution in [2.75, 3.05) is 26.7 Å². The summed E-state index contributed by atoms with van der Waals surface area (Å²) in [7, 11) is 1.55. The molecule has 0 unspecified atom stereocenters. The number of hydrogen-bond acceptors (Lipinski definition) is 6. The fourth-order valence-corrected chi connectivity index (χ4v) is 5.63. The van der Waals surface area contributed by atoms with Crippen LogP contribution in [0.5, 0.6) is 5.75 Å². The summed E-state index contributed by atoms with van der Waals surface area (Å²) in [4.78, 5) is 56.0. The number of ether oxygens (including phenoxy) is 1. The molecular weight excluding hydrogens is 543 g/mol. The lowest BCUT2D eigenvalue weighted by molar-refractivity contribution is -0.217. The van der Waals surface area contributed by atoms with Crippen LogP contribution in [0.1, 0.15) is 58.1 Å². The second-order valence-electron chi connectivity index (χ2n) is 11.5. The average molecular weight is 582 g/mol. The Hall–Kier alpha value is -3.35. The highest BCUT2D eigenvalue weighted by atomic mass is 19.4. The van der Waals surface area contributed by atoms with Gasteiger partial charge in [-0.1, -0.05) is 18.2 Å². The van der Waals surface area contributed by atoms with Crippen LogP contribution in [0, 0.1) is 5.41 Å². The molecule has 3 heterocycles. The third-order valence-electron chi connectivity index (χ3n) is 8.44. The zero-order valence-electron chi connectivity index (χ0n) is 23.7. The number of rotatable bonds is 6. The van der Waals surface area contributed by atoms with E-state index < -0.39 is 60.0 Å². The van der Waals surface area contributed by atoms with Crippen LogP contribution in [-0.2, 0) is 19.2 Å². The second kappa shape index (κ2) is 11.9. The highest BCUT2D eigenvalue weighted by Gasteiger charge is 2.55. The van der Waals surface area contributed by atoms with Gasteiger partial charge in [-0.2, -0.15) is 13.2 Å². The molecule has 0 saturated carbocycles. The molecule has 4 amide bonds. The van der Waals surface area contributed by atoms with E-state index in [4.69, 9.17) is 4.74 Å². The van der Waals surface area contributed by atoms with Gasteiger partial charge in [0.25, 0.3) is 0 Å². The summed E-state index contributed by atoms with van der Waals surface area (Å²) in [6.45, 7) is 3.12. The molecular formula is C28H38F3N5O5. The number of nitrogens with zero attached hydrogens (tertiary/aromatic N) is 2. The number of carbonyl (C=O) groups excluding carboxylic acids is 4. The van der Waals surface area contributed by atoms with Crippen molar-refractivity contribution in [3.63, 3.8) is 0 Å². The van der Waals surface area contributed by atoms with Crippen LogP contribution in [0.4, 0.5) is 13.2 Å². The maximum atomic E-state index is 14.0. The van der Waals surface area contributed by atoms with Gasteiger partial charge in [0.15, 0.2) is 0 Å². The quantitative estimate of drug-likeness (QED) is 0.472. The molecule has 1 aromatic rings. The molecule has 0 spiro atoms.